The minimum atomic E-state index is -2.51. The van der Waals surface area contributed by atoms with Crippen molar-refractivity contribution < 1.29 is 13.5 Å². The summed E-state index contributed by atoms with van der Waals surface area (Å²) in [6.07, 6.45) is -0.566. The Bertz CT molecular complexity index is 768. The number of likely N-dealkylation sites (tertiary alicyclic amines) is 1. The highest BCUT2D eigenvalue weighted by atomic mass is 19.3. The number of hydrogen-bond donors (Lipinski definition) is 1. The lowest BCUT2D eigenvalue weighted by Gasteiger charge is -2.32. The fourth-order valence-corrected chi connectivity index (χ4v) is 3.11. The van der Waals surface area contributed by atoms with E-state index in [1.54, 1.807) is 12.1 Å². The zero-order chi connectivity index (χ0) is 19.1. The number of rotatable bonds is 7. The number of nitriles is 1. The maximum absolute atomic E-state index is 12.2. The Kier molecular flexibility index (Phi) is 6.55. The normalized spacial score (nSPS) is 15.5. The van der Waals surface area contributed by atoms with Gasteiger partial charge in [-0.05, 0) is 36.6 Å². The van der Waals surface area contributed by atoms with Gasteiger partial charge in [-0.1, -0.05) is 18.2 Å². The van der Waals surface area contributed by atoms with Crippen molar-refractivity contribution in [2.75, 3.05) is 25.0 Å². The summed E-state index contributed by atoms with van der Waals surface area (Å²) in [5.74, 6) is 0.853. The Morgan fingerprint density at radius 2 is 1.93 bits per heavy atom. The number of piperidine rings is 1. The van der Waals surface area contributed by atoms with Gasteiger partial charge in [-0.3, -0.25) is 4.90 Å². The third-order valence-corrected chi connectivity index (χ3v) is 4.51. The van der Waals surface area contributed by atoms with Crippen molar-refractivity contribution in [1.29, 1.82) is 5.26 Å². The highest BCUT2D eigenvalue weighted by molar-refractivity contribution is 5.38. The van der Waals surface area contributed by atoms with Gasteiger partial charge in [-0.15, -0.1) is 0 Å². The fourth-order valence-electron chi connectivity index (χ4n) is 3.11. The SMILES string of the molecule is N#Cc1ccc(CN2CCC(Nc3cccc(OCC(F)F)n3)CC2)cc1. The molecular formula is C20H22F2N4O. The van der Waals surface area contributed by atoms with E-state index in [1.807, 2.05) is 30.3 Å². The van der Waals surface area contributed by atoms with Crippen LogP contribution in [0, 0.1) is 11.3 Å². The molecule has 27 heavy (non-hydrogen) atoms. The molecule has 0 spiro atoms. The number of anilines is 1. The molecule has 0 radical (unpaired) electrons. The minimum Gasteiger partial charge on any atom is -0.472 e. The number of halogens is 2. The summed E-state index contributed by atoms with van der Waals surface area (Å²) in [4.78, 5) is 6.62. The Labute approximate surface area is 157 Å². The number of aromatic nitrogens is 1. The molecule has 2 aromatic rings. The molecule has 1 aliphatic heterocycles. The van der Waals surface area contributed by atoms with Crippen LogP contribution in [0.1, 0.15) is 24.0 Å². The maximum Gasteiger partial charge on any atom is 0.272 e. The third kappa shape index (κ3) is 5.90. The van der Waals surface area contributed by atoms with Crippen molar-refractivity contribution in [3.63, 3.8) is 0 Å². The van der Waals surface area contributed by atoms with E-state index in [2.05, 4.69) is 21.3 Å². The summed E-state index contributed by atoms with van der Waals surface area (Å²) in [6.45, 7) is 2.14. The second-order valence-electron chi connectivity index (χ2n) is 6.57. The lowest BCUT2D eigenvalue weighted by Crippen LogP contribution is -2.38. The third-order valence-electron chi connectivity index (χ3n) is 4.51. The van der Waals surface area contributed by atoms with Crippen LogP contribution in [-0.2, 0) is 6.54 Å². The number of alkyl halides is 2. The van der Waals surface area contributed by atoms with Gasteiger partial charge in [0.25, 0.3) is 6.43 Å². The Morgan fingerprint density at radius 1 is 1.19 bits per heavy atom. The van der Waals surface area contributed by atoms with Gasteiger partial charge >= 0.3 is 0 Å². The number of pyridine rings is 1. The van der Waals surface area contributed by atoms with Crippen LogP contribution < -0.4 is 10.1 Å². The predicted molar refractivity (Wildman–Crippen MR) is 98.8 cm³/mol. The van der Waals surface area contributed by atoms with Crippen LogP contribution in [0.3, 0.4) is 0 Å². The van der Waals surface area contributed by atoms with Crippen molar-refractivity contribution >= 4 is 5.82 Å². The summed E-state index contributed by atoms with van der Waals surface area (Å²) in [6, 6.07) is 15.2. The second-order valence-corrected chi connectivity index (χ2v) is 6.57. The lowest BCUT2D eigenvalue weighted by atomic mass is 10.0. The van der Waals surface area contributed by atoms with Gasteiger partial charge in [0, 0.05) is 31.7 Å². The first-order valence-electron chi connectivity index (χ1n) is 8.98. The molecule has 1 fully saturated rings. The van der Waals surface area contributed by atoms with Gasteiger partial charge in [0.2, 0.25) is 5.88 Å². The van der Waals surface area contributed by atoms with Crippen molar-refractivity contribution in [2.24, 2.45) is 0 Å². The largest absolute Gasteiger partial charge is 0.472 e. The molecule has 0 atom stereocenters. The van der Waals surface area contributed by atoms with E-state index in [4.69, 9.17) is 10.00 Å². The van der Waals surface area contributed by atoms with E-state index < -0.39 is 13.0 Å². The summed E-state index contributed by atoms with van der Waals surface area (Å²) in [5.41, 5.74) is 1.87. The molecule has 0 bridgehead atoms. The molecule has 1 aliphatic rings. The van der Waals surface area contributed by atoms with Gasteiger partial charge in [0.05, 0.1) is 11.6 Å². The van der Waals surface area contributed by atoms with E-state index in [9.17, 15) is 8.78 Å². The second kappa shape index (κ2) is 9.28. The molecule has 3 rings (SSSR count). The molecule has 1 N–H and O–H groups in total. The van der Waals surface area contributed by atoms with Crippen molar-refractivity contribution in [2.45, 2.75) is 31.9 Å². The lowest BCUT2D eigenvalue weighted by molar-refractivity contribution is 0.0796. The van der Waals surface area contributed by atoms with Crippen LogP contribution >= 0.6 is 0 Å². The molecule has 1 saturated heterocycles. The highest BCUT2D eigenvalue weighted by Gasteiger charge is 2.19. The Hall–Kier alpha value is -2.72. The molecule has 7 heteroatoms. The van der Waals surface area contributed by atoms with E-state index >= 15 is 0 Å². The summed E-state index contributed by atoms with van der Waals surface area (Å²) < 4.78 is 29.4. The van der Waals surface area contributed by atoms with Crippen LogP contribution in [0.2, 0.25) is 0 Å². The number of nitrogens with zero attached hydrogens (tertiary/aromatic N) is 3. The van der Waals surface area contributed by atoms with Gasteiger partial charge in [-0.2, -0.15) is 10.2 Å². The predicted octanol–water partition coefficient (Wildman–Crippen LogP) is 3.67. The highest BCUT2D eigenvalue weighted by Crippen LogP contribution is 2.19. The van der Waals surface area contributed by atoms with Crippen LogP contribution in [0.25, 0.3) is 0 Å². The van der Waals surface area contributed by atoms with Gasteiger partial charge in [-0.25, -0.2) is 8.78 Å². The average molecular weight is 372 g/mol. The van der Waals surface area contributed by atoms with Crippen molar-refractivity contribution in [3.8, 4) is 11.9 Å². The fraction of sp³-hybridized carbons (Fsp3) is 0.400. The number of benzene rings is 1. The Balaban J connectivity index is 1.46. The summed E-state index contributed by atoms with van der Waals surface area (Å²) >= 11 is 0. The van der Waals surface area contributed by atoms with Crippen LogP contribution in [0.15, 0.2) is 42.5 Å². The first-order chi connectivity index (χ1) is 13.1. The molecule has 1 aromatic carbocycles. The molecule has 0 amide bonds. The summed E-state index contributed by atoms with van der Waals surface area (Å²) in [7, 11) is 0. The van der Waals surface area contributed by atoms with E-state index in [0.29, 0.717) is 17.4 Å². The molecular weight excluding hydrogens is 350 g/mol. The first kappa shape index (κ1) is 19.1. The number of ether oxygens (including phenoxy) is 1. The quantitative estimate of drug-likeness (QED) is 0.803. The zero-order valence-electron chi connectivity index (χ0n) is 14.9. The van der Waals surface area contributed by atoms with Crippen LogP contribution in [0.5, 0.6) is 5.88 Å². The van der Waals surface area contributed by atoms with E-state index in [1.165, 1.54) is 5.56 Å². The maximum atomic E-state index is 12.2. The van der Waals surface area contributed by atoms with Crippen LogP contribution in [0.4, 0.5) is 14.6 Å². The molecule has 1 aromatic heterocycles. The van der Waals surface area contributed by atoms with Gasteiger partial charge in [0.15, 0.2) is 6.61 Å². The number of nitrogens with one attached hydrogen (secondary N) is 1. The zero-order valence-corrected chi connectivity index (χ0v) is 14.9. The van der Waals surface area contributed by atoms with E-state index in [0.717, 1.165) is 32.5 Å². The monoisotopic (exact) mass is 372 g/mol. The minimum absolute atomic E-state index is 0.207. The number of hydrogen-bond acceptors (Lipinski definition) is 5. The standard InChI is InChI=1S/C20H22F2N4O/c21-18(22)14-27-20-3-1-2-19(25-20)24-17-8-10-26(11-9-17)13-16-6-4-15(12-23)5-7-16/h1-7,17-18H,8-11,13-14H2,(H,24,25). The molecule has 5 nitrogen and oxygen atoms in total. The van der Waals surface area contributed by atoms with Gasteiger partial charge in [0.1, 0.15) is 5.82 Å². The Morgan fingerprint density at radius 3 is 2.59 bits per heavy atom. The molecule has 2 heterocycles. The summed E-state index contributed by atoms with van der Waals surface area (Å²) in [5, 5.41) is 12.2. The molecule has 0 saturated carbocycles. The molecule has 142 valence electrons. The topological polar surface area (TPSA) is 61.2 Å². The smallest absolute Gasteiger partial charge is 0.272 e. The molecule has 0 aliphatic carbocycles. The molecule has 0 unspecified atom stereocenters. The van der Waals surface area contributed by atoms with Crippen LogP contribution in [-0.4, -0.2) is 42.0 Å². The van der Waals surface area contributed by atoms with Crippen molar-refractivity contribution in [3.05, 3.63) is 53.6 Å². The first-order valence-corrected chi connectivity index (χ1v) is 8.98. The van der Waals surface area contributed by atoms with Crippen molar-refractivity contribution in [1.82, 2.24) is 9.88 Å². The average Bonchev–Trinajstić information content (AvgIpc) is 2.69. The van der Waals surface area contributed by atoms with E-state index in [-0.39, 0.29) is 5.88 Å². The van der Waals surface area contributed by atoms with Gasteiger partial charge < -0.3 is 10.1 Å².